The van der Waals surface area contributed by atoms with Crippen molar-refractivity contribution in [3.05, 3.63) is 29.3 Å². The topological polar surface area (TPSA) is 24.5 Å². The largest absolute Gasteiger partial charge is 0.380 e. The molecule has 1 aromatic carbocycles. The van der Waals surface area contributed by atoms with Crippen LogP contribution in [0.2, 0.25) is 0 Å². The molecule has 0 spiro atoms. The number of ether oxygens (including phenoxy) is 1. The average molecular weight is 234 g/mol. The van der Waals surface area contributed by atoms with E-state index >= 15 is 0 Å². The van der Waals surface area contributed by atoms with Crippen molar-refractivity contribution in [2.24, 2.45) is 0 Å². The van der Waals surface area contributed by atoms with Crippen LogP contribution in [0.1, 0.15) is 17.5 Å². The zero-order valence-corrected chi connectivity index (χ0v) is 10.8. The predicted molar refractivity (Wildman–Crippen MR) is 71.6 cm³/mol. The van der Waals surface area contributed by atoms with E-state index in [2.05, 4.69) is 35.3 Å². The van der Waals surface area contributed by atoms with E-state index in [1.54, 1.807) is 0 Å². The molecule has 0 saturated carbocycles. The van der Waals surface area contributed by atoms with Crippen molar-refractivity contribution < 1.29 is 4.74 Å². The minimum atomic E-state index is 0.840. The number of rotatable bonds is 3. The van der Waals surface area contributed by atoms with Gasteiger partial charge in [-0.15, -0.1) is 0 Å². The summed E-state index contributed by atoms with van der Waals surface area (Å²) in [4.78, 5) is 2.44. The molecule has 1 saturated heterocycles. The number of nitrogens with zero attached hydrogens (tertiary/aromatic N) is 1. The SMILES string of the molecule is CNCc1cc(C)ccc1N1CCCOCC1. The Hall–Kier alpha value is -1.06. The summed E-state index contributed by atoms with van der Waals surface area (Å²) >= 11 is 0. The lowest BCUT2D eigenvalue weighted by molar-refractivity contribution is 0.152. The summed E-state index contributed by atoms with van der Waals surface area (Å²) in [6.45, 7) is 6.90. The lowest BCUT2D eigenvalue weighted by atomic mass is 10.1. The van der Waals surface area contributed by atoms with E-state index in [0.29, 0.717) is 0 Å². The molecular weight excluding hydrogens is 212 g/mol. The zero-order chi connectivity index (χ0) is 12.1. The van der Waals surface area contributed by atoms with E-state index in [1.807, 2.05) is 7.05 Å². The average Bonchev–Trinajstić information content (AvgIpc) is 2.58. The Morgan fingerprint density at radius 1 is 1.29 bits per heavy atom. The Morgan fingerprint density at radius 3 is 3.00 bits per heavy atom. The van der Waals surface area contributed by atoms with Crippen LogP contribution in [0.4, 0.5) is 5.69 Å². The molecule has 0 atom stereocenters. The van der Waals surface area contributed by atoms with Crippen molar-refractivity contribution in [2.75, 3.05) is 38.3 Å². The van der Waals surface area contributed by atoms with Crippen LogP contribution in [-0.2, 0) is 11.3 Å². The maximum atomic E-state index is 5.51. The highest BCUT2D eigenvalue weighted by Gasteiger charge is 2.13. The number of aryl methyl sites for hydroxylation is 1. The second-order valence-corrected chi connectivity index (χ2v) is 4.62. The van der Waals surface area contributed by atoms with Gasteiger partial charge in [-0.3, -0.25) is 0 Å². The fourth-order valence-corrected chi connectivity index (χ4v) is 2.34. The number of benzene rings is 1. The first-order valence-corrected chi connectivity index (χ1v) is 6.38. The lowest BCUT2D eigenvalue weighted by Crippen LogP contribution is -2.27. The molecule has 2 rings (SSSR count). The Kier molecular flexibility index (Phi) is 4.40. The van der Waals surface area contributed by atoms with E-state index in [4.69, 9.17) is 4.74 Å². The Labute approximate surface area is 104 Å². The van der Waals surface area contributed by atoms with Gasteiger partial charge in [-0.1, -0.05) is 17.7 Å². The van der Waals surface area contributed by atoms with Crippen molar-refractivity contribution in [2.45, 2.75) is 19.9 Å². The highest BCUT2D eigenvalue weighted by atomic mass is 16.5. The van der Waals surface area contributed by atoms with Gasteiger partial charge < -0.3 is 15.0 Å². The molecule has 3 heteroatoms. The third-order valence-corrected chi connectivity index (χ3v) is 3.17. The summed E-state index contributed by atoms with van der Waals surface area (Å²) in [5, 5.41) is 3.25. The Morgan fingerprint density at radius 2 is 2.18 bits per heavy atom. The zero-order valence-electron chi connectivity index (χ0n) is 10.8. The van der Waals surface area contributed by atoms with Crippen LogP contribution in [0.5, 0.6) is 0 Å². The van der Waals surface area contributed by atoms with Crippen molar-refractivity contribution in [1.82, 2.24) is 5.32 Å². The molecule has 17 heavy (non-hydrogen) atoms. The summed E-state index contributed by atoms with van der Waals surface area (Å²) in [5.74, 6) is 0. The Bertz CT molecular complexity index is 357. The van der Waals surface area contributed by atoms with Crippen LogP contribution < -0.4 is 10.2 Å². The van der Waals surface area contributed by atoms with Gasteiger partial charge in [0.1, 0.15) is 0 Å². The molecule has 0 amide bonds. The van der Waals surface area contributed by atoms with E-state index in [0.717, 1.165) is 39.3 Å². The summed E-state index contributed by atoms with van der Waals surface area (Å²) in [5.41, 5.74) is 4.06. The van der Waals surface area contributed by atoms with Crippen molar-refractivity contribution in [3.8, 4) is 0 Å². The van der Waals surface area contributed by atoms with Crippen LogP contribution >= 0.6 is 0 Å². The second-order valence-electron chi connectivity index (χ2n) is 4.62. The Balaban J connectivity index is 2.22. The number of hydrogen-bond donors (Lipinski definition) is 1. The first kappa shape index (κ1) is 12.4. The van der Waals surface area contributed by atoms with Gasteiger partial charge in [0, 0.05) is 31.9 Å². The van der Waals surface area contributed by atoms with Crippen molar-refractivity contribution in [1.29, 1.82) is 0 Å². The maximum absolute atomic E-state index is 5.51. The fourth-order valence-electron chi connectivity index (χ4n) is 2.34. The van der Waals surface area contributed by atoms with E-state index in [1.165, 1.54) is 16.8 Å². The van der Waals surface area contributed by atoms with Crippen LogP contribution in [0.3, 0.4) is 0 Å². The van der Waals surface area contributed by atoms with Gasteiger partial charge in [-0.25, -0.2) is 0 Å². The lowest BCUT2D eigenvalue weighted by Gasteiger charge is -2.25. The summed E-state index contributed by atoms with van der Waals surface area (Å²) in [6, 6.07) is 6.71. The van der Waals surface area contributed by atoms with Crippen LogP contribution in [-0.4, -0.2) is 33.4 Å². The number of hydrogen-bond acceptors (Lipinski definition) is 3. The molecule has 1 aliphatic rings. The molecule has 3 nitrogen and oxygen atoms in total. The fraction of sp³-hybridized carbons (Fsp3) is 0.571. The molecule has 1 heterocycles. The van der Waals surface area contributed by atoms with Gasteiger partial charge in [0.15, 0.2) is 0 Å². The van der Waals surface area contributed by atoms with Gasteiger partial charge >= 0.3 is 0 Å². The molecule has 0 aromatic heterocycles. The van der Waals surface area contributed by atoms with E-state index < -0.39 is 0 Å². The van der Waals surface area contributed by atoms with Gasteiger partial charge in [0.05, 0.1) is 6.61 Å². The smallest absolute Gasteiger partial charge is 0.0641 e. The quantitative estimate of drug-likeness (QED) is 0.865. The molecule has 1 fully saturated rings. The standard InChI is InChI=1S/C14H22N2O/c1-12-4-5-14(13(10-12)11-15-2)16-6-3-8-17-9-7-16/h4-5,10,15H,3,6-9,11H2,1-2H3. The minimum absolute atomic E-state index is 0.840. The molecule has 0 unspecified atom stereocenters. The van der Waals surface area contributed by atoms with Crippen LogP contribution in [0.25, 0.3) is 0 Å². The normalized spacial score (nSPS) is 16.9. The molecule has 0 bridgehead atoms. The van der Waals surface area contributed by atoms with Gasteiger partial charge in [0.25, 0.3) is 0 Å². The predicted octanol–water partition coefficient (Wildman–Crippen LogP) is 1.94. The molecular formula is C14H22N2O. The molecule has 1 N–H and O–H groups in total. The number of anilines is 1. The summed E-state index contributed by atoms with van der Waals surface area (Å²) in [6.07, 6.45) is 1.12. The van der Waals surface area contributed by atoms with Gasteiger partial charge in [0.2, 0.25) is 0 Å². The third-order valence-electron chi connectivity index (χ3n) is 3.17. The van der Waals surface area contributed by atoms with E-state index in [-0.39, 0.29) is 0 Å². The monoisotopic (exact) mass is 234 g/mol. The molecule has 0 radical (unpaired) electrons. The van der Waals surface area contributed by atoms with Crippen LogP contribution in [0, 0.1) is 6.92 Å². The summed E-state index contributed by atoms with van der Waals surface area (Å²) < 4.78 is 5.51. The van der Waals surface area contributed by atoms with Crippen LogP contribution in [0.15, 0.2) is 18.2 Å². The van der Waals surface area contributed by atoms with Crippen molar-refractivity contribution in [3.63, 3.8) is 0 Å². The van der Waals surface area contributed by atoms with E-state index in [9.17, 15) is 0 Å². The minimum Gasteiger partial charge on any atom is -0.380 e. The second kappa shape index (κ2) is 6.03. The first-order valence-electron chi connectivity index (χ1n) is 6.38. The summed E-state index contributed by atoms with van der Waals surface area (Å²) in [7, 11) is 2.00. The molecule has 94 valence electrons. The maximum Gasteiger partial charge on any atom is 0.0641 e. The highest BCUT2D eigenvalue weighted by Crippen LogP contribution is 2.23. The van der Waals surface area contributed by atoms with Crippen molar-refractivity contribution >= 4 is 5.69 Å². The van der Waals surface area contributed by atoms with Gasteiger partial charge in [-0.05, 0) is 32.0 Å². The molecule has 0 aliphatic carbocycles. The van der Waals surface area contributed by atoms with Gasteiger partial charge in [-0.2, -0.15) is 0 Å². The molecule has 1 aliphatic heterocycles. The number of nitrogens with one attached hydrogen (secondary N) is 1. The highest BCUT2D eigenvalue weighted by molar-refractivity contribution is 5.55. The molecule has 1 aromatic rings. The first-order chi connectivity index (χ1) is 8.31. The third kappa shape index (κ3) is 3.20.